The second-order valence-electron chi connectivity index (χ2n) is 10.7. The molecule has 0 saturated carbocycles. The highest BCUT2D eigenvalue weighted by molar-refractivity contribution is 6.45. The molecule has 2 saturated heterocycles. The van der Waals surface area contributed by atoms with Gasteiger partial charge in [0, 0.05) is 12.6 Å². The van der Waals surface area contributed by atoms with Gasteiger partial charge in [0.15, 0.2) is 0 Å². The van der Waals surface area contributed by atoms with Crippen molar-refractivity contribution in [3.05, 3.63) is 0 Å². The van der Waals surface area contributed by atoms with Crippen LogP contribution in [0, 0.1) is 0 Å². The zero-order chi connectivity index (χ0) is 23.0. The van der Waals surface area contributed by atoms with Gasteiger partial charge in [-0.15, -0.1) is 0 Å². The number of carboxylic acid groups (broad SMARTS) is 1. The number of likely N-dealkylation sites (tertiary alicyclic amines) is 1. The summed E-state index contributed by atoms with van der Waals surface area (Å²) in [5, 5.41) is 10.1. The van der Waals surface area contributed by atoms with Gasteiger partial charge in [0.2, 0.25) is 0 Å². The minimum Gasteiger partial charge on any atom is -0.479 e. The van der Waals surface area contributed by atoms with E-state index in [0.717, 1.165) is 6.42 Å². The van der Waals surface area contributed by atoms with E-state index in [2.05, 4.69) is 0 Å². The molecule has 0 bridgehead atoms. The van der Waals surface area contributed by atoms with Gasteiger partial charge >= 0.3 is 19.2 Å². The first kappa shape index (κ1) is 24.9. The third kappa shape index (κ3) is 5.48. The van der Waals surface area contributed by atoms with E-state index in [9.17, 15) is 14.7 Å². The molecule has 0 spiro atoms. The van der Waals surface area contributed by atoms with Gasteiger partial charge in [0.1, 0.15) is 11.1 Å². The molecule has 0 aromatic heterocycles. The molecule has 2 rings (SSSR count). The number of hydrogen-bond acceptors (Lipinski definition) is 6. The fourth-order valence-electron chi connectivity index (χ4n) is 4.10. The van der Waals surface area contributed by atoms with Crippen LogP contribution in [0.4, 0.5) is 4.79 Å². The summed E-state index contributed by atoms with van der Waals surface area (Å²) >= 11 is 0. The van der Waals surface area contributed by atoms with Crippen LogP contribution < -0.4 is 5.73 Å². The monoisotopic (exact) mass is 426 g/mol. The first-order valence-electron chi connectivity index (χ1n) is 10.9. The lowest BCUT2D eigenvalue weighted by atomic mass is 9.77. The van der Waals surface area contributed by atoms with Crippen LogP contribution in [0.2, 0.25) is 6.32 Å². The van der Waals surface area contributed by atoms with Gasteiger partial charge in [-0.3, -0.25) is 4.90 Å². The molecule has 30 heavy (non-hydrogen) atoms. The molecule has 3 N–H and O–H groups in total. The Morgan fingerprint density at radius 2 is 1.73 bits per heavy atom. The number of aliphatic carboxylic acids is 1. The van der Waals surface area contributed by atoms with Gasteiger partial charge < -0.3 is 24.9 Å². The number of carbonyl (C=O) groups excluding carboxylic acids is 1. The van der Waals surface area contributed by atoms with Gasteiger partial charge in [-0.2, -0.15) is 0 Å². The highest BCUT2D eigenvalue weighted by Gasteiger charge is 2.52. The summed E-state index contributed by atoms with van der Waals surface area (Å²) < 4.78 is 17.5. The fourth-order valence-corrected chi connectivity index (χ4v) is 4.10. The molecule has 0 aromatic rings. The standard InChI is InChI=1S/C21H39BN2O6/c1-18(2,3)28-17(27)24-13-10-15(23)14-21(24,16(25)26)11-8-9-12-22-29-19(4,5)20(6,7)30-22/h15H,8-14,23H2,1-7H3,(H,25,26)/t15-,21+/m1/s1. The summed E-state index contributed by atoms with van der Waals surface area (Å²) in [6.45, 7) is 13.6. The van der Waals surface area contributed by atoms with Crippen LogP contribution in [0.15, 0.2) is 0 Å². The lowest BCUT2D eigenvalue weighted by Crippen LogP contribution is -2.63. The van der Waals surface area contributed by atoms with E-state index >= 15 is 0 Å². The number of carbonyl (C=O) groups is 2. The quantitative estimate of drug-likeness (QED) is 0.494. The largest absolute Gasteiger partial charge is 0.479 e. The first-order chi connectivity index (χ1) is 13.6. The van der Waals surface area contributed by atoms with Crippen molar-refractivity contribution in [3.8, 4) is 0 Å². The van der Waals surface area contributed by atoms with E-state index in [1.807, 2.05) is 27.7 Å². The van der Waals surface area contributed by atoms with Crippen molar-refractivity contribution < 1.29 is 28.7 Å². The average Bonchev–Trinajstić information content (AvgIpc) is 2.76. The van der Waals surface area contributed by atoms with Crippen molar-refractivity contribution in [1.29, 1.82) is 0 Å². The lowest BCUT2D eigenvalue weighted by molar-refractivity contribution is -0.155. The third-order valence-corrected chi connectivity index (χ3v) is 6.43. The second kappa shape index (κ2) is 8.67. The predicted octanol–water partition coefficient (Wildman–Crippen LogP) is 3.43. The molecule has 2 heterocycles. The zero-order valence-corrected chi connectivity index (χ0v) is 19.6. The van der Waals surface area contributed by atoms with Crippen LogP contribution in [0.1, 0.15) is 80.6 Å². The Kier molecular flexibility index (Phi) is 7.21. The van der Waals surface area contributed by atoms with Crippen LogP contribution in [-0.4, -0.2) is 64.1 Å². The smallest absolute Gasteiger partial charge is 0.457 e. The van der Waals surface area contributed by atoms with E-state index in [1.54, 1.807) is 20.8 Å². The maximum Gasteiger partial charge on any atom is 0.457 e. The molecule has 9 heteroatoms. The van der Waals surface area contributed by atoms with Crippen LogP contribution >= 0.6 is 0 Å². The van der Waals surface area contributed by atoms with E-state index in [-0.39, 0.29) is 37.3 Å². The lowest BCUT2D eigenvalue weighted by Gasteiger charge is -2.46. The van der Waals surface area contributed by atoms with E-state index in [4.69, 9.17) is 19.8 Å². The van der Waals surface area contributed by atoms with Gasteiger partial charge in [-0.1, -0.05) is 12.8 Å². The molecule has 1 amide bonds. The third-order valence-electron chi connectivity index (χ3n) is 6.43. The number of nitrogens with two attached hydrogens (primary N) is 1. The minimum atomic E-state index is -1.35. The summed E-state index contributed by atoms with van der Waals surface area (Å²) in [5.41, 5.74) is 3.30. The van der Waals surface area contributed by atoms with Crippen molar-refractivity contribution in [1.82, 2.24) is 4.90 Å². The molecule has 2 aliphatic rings. The number of rotatable bonds is 6. The zero-order valence-electron chi connectivity index (χ0n) is 19.6. The molecule has 0 radical (unpaired) electrons. The maximum absolute atomic E-state index is 12.8. The Morgan fingerprint density at radius 3 is 2.23 bits per heavy atom. The molecule has 0 aromatic carbocycles. The minimum absolute atomic E-state index is 0.220. The highest BCUT2D eigenvalue weighted by Crippen LogP contribution is 2.39. The first-order valence-corrected chi connectivity index (χ1v) is 10.9. The van der Waals surface area contributed by atoms with Crippen molar-refractivity contribution in [3.63, 3.8) is 0 Å². The average molecular weight is 426 g/mol. The Labute approximate surface area is 180 Å². The van der Waals surface area contributed by atoms with E-state index < -0.39 is 23.2 Å². The number of piperidine rings is 1. The number of unbranched alkanes of at least 4 members (excludes halogenated alkanes) is 1. The number of ether oxygens (including phenoxy) is 1. The Morgan fingerprint density at radius 1 is 1.17 bits per heavy atom. The number of hydrogen-bond donors (Lipinski definition) is 2. The molecule has 8 nitrogen and oxygen atoms in total. The molecule has 2 atom stereocenters. The van der Waals surface area contributed by atoms with Gasteiger partial charge in [0.25, 0.3) is 0 Å². The van der Waals surface area contributed by atoms with E-state index in [0.29, 0.717) is 25.6 Å². The van der Waals surface area contributed by atoms with E-state index in [1.165, 1.54) is 4.90 Å². The molecular formula is C21H39BN2O6. The van der Waals surface area contributed by atoms with Crippen molar-refractivity contribution >= 4 is 19.2 Å². The molecule has 0 aliphatic carbocycles. The summed E-state index contributed by atoms with van der Waals surface area (Å²) in [5.74, 6) is -1.03. The summed E-state index contributed by atoms with van der Waals surface area (Å²) in [6.07, 6.45) is 2.50. The fraction of sp³-hybridized carbons (Fsp3) is 0.905. The maximum atomic E-state index is 12.8. The van der Waals surface area contributed by atoms with Gasteiger partial charge in [-0.05, 0) is 74.0 Å². The molecule has 2 fully saturated rings. The topological polar surface area (TPSA) is 111 Å². The molecule has 2 aliphatic heterocycles. The van der Waals surface area contributed by atoms with Crippen LogP contribution in [0.5, 0.6) is 0 Å². The number of nitrogens with zero attached hydrogens (tertiary/aromatic N) is 1. The molecule has 172 valence electrons. The Hall–Kier alpha value is -1.32. The Balaban J connectivity index is 2.04. The number of carboxylic acids is 1. The van der Waals surface area contributed by atoms with Crippen LogP contribution in [0.3, 0.4) is 0 Å². The summed E-state index contributed by atoms with van der Waals surface area (Å²) in [6, 6.07) is -0.261. The number of amides is 1. The SMILES string of the molecule is CC(C)(C)OC(=O)N1CC[C@@H](N)C[C@@]1(CCCCB1OC(C)(C)C(C)(C)O1)C(=O)O. The van der Waals surface area contributed by atoms with Gasteiger partial charge in [-0.25, -0.2) is 9.59 Å². The molecule has 0 unspecified atom stereocenters. The molecular weight excluding hydrogens is 387 g/mol. The summed E-state index contributed by atoms with van der Waals surface area (Å²) in [7, 11) is -0.314. The van der Waals surface area contributed by atoms with Crippen molar-refractivity contribution in [2.24, 2.45) is 5.73 Å². The Bertz CT molecular complexity index is 632. The summed E-state index contributed by atoms with van der Waals surface area (Å²) in [4.78, 5) is 26.5. The van der Waals surface area contributed by atoms with Gasteiger partial charge in [0.05, 0.1) is 11.2 Å². The predicted molar refractivity (Wildman–Crippen MR) is 115 cm³/mol. The normalized spacial score (nSPS) is 28.5. The second-order valence-corrected chi connectivity index (χ2v) is 10.7. The van der Waals surface area contributed by atoms with Crippen LogP contribution in [-0.2, 0) is 18.8 Å². The van der Waals surface area contributed by atoms with Crippen molar-refractivity contribution in [2.75, 3.05) is 6.54 Å². The highest BCUT2D eigenvalue weighted by atomic mass is 16.7. The van der Waals surface area contributed by atoms with Crippen molar-refractivity contribution in [2.45, 2.75) is 115 Å². The van der Waals surface area contributed by atoms with Crippen LogP contribution in [0.25, 0.3) is 0 Å².